The quantitative estimate of drug-likeness (QED) is 0.938. The first-order valence-electron chi connectivity index (χ1n) is 7.96. The zero-order valence-corrected chi connectivity index (χ0v) is 13.7. The molecule has 0 radical (unpaired) electrons. The summed E-state index contributed by atoms with van der Waals surface area (Å²) in [6, 6.07) is 9.85. The maximum atomic E-state index is 6.04. The fraction of sp³-hybridized carbons (Fsp3) is 0.389. The molecule has 0 spiro atoms. The highest BCUT2D eigenvalue weighted by atomic mass is 16.5. The zero-order valence-electron chi connectivity index (χ0n) is 13.7. The summed E-state index contributed by atoms with van der Waals surface area (Å²) in [5, 5.41) is 0. The molecule has 3 rings (SSSR count). The first-order valence-corrected chi connectivity index (χ1v) is 7.96. The van der Waals surface area contributed by atoms with Crippen LogP contribution in [0.2, 0.25) is 0 Å². The summed E-state index contributed by atoms with van der Waals surface area (Å²) in [4.78, 5) is 6.87. The Morgan fingerprint density at radius 3 is 2.39 bits per heavy atom. The lowest BCUT2D eigenvalue weighted by Gasteiger charge is -2.29. The molecule has 1 aromatic heterocycles. The van der Waals surface area contributed by atoms with E-state index in [1.165, 1.54) is 19.3 Å². The Hall–Kier alpha value is -2.43. The van der Waals surface area contributed by atoms with Gasteiger partial charge in [-0.3, -0.25) is 0 Å². The molecule has 1 aliphatic rings. The van der Waals surface area contributed by atoms with E-state index in [2.05, 4.69) is 16.0 Å². The van der Waals surface area contributed by atoms with E-state index in [9.17, 15) is 0 Å². The molecular formula is C18H23N3O2. The van der Waals surface area contributed by atoms with Gasteiger partial charge in [-0.2, -0.15) is 0 Å². The predicted molar refractivity (Wildman–Crippen MR) is 93.3 cm³/mol. The van der Waals surface area contributed by atoms with Crippen LogP contribution in [0.25, 0.3) is 11.3 Å². The van der Waals surface area contributed by atoms with Crippen LogP contribution in [0.5, 0.6) is 11.5 Å². The molecule has 0 saturated carbocycles. The van der Waals surface area contributed by atoms with Gasteiger partial charge in [0.15, 0.2) is 11.5 Å². The van der Waals surface area contributed by atoms with Crippen LogP contribution in [0, 0.1) is 0 Å². The highest BCUT2D eigenvalue weighted by molar-refractivity contribution is 5.70. The number of rotatable bonds is 4. The Morgan fingerprint density at radius 1 is 0.957 bits per heavy atom. The van der Waals surface area contributed by atoms with Crippen molar-refractivity contribution in [2.75, 3.05) is 37.9 Å². The third kappa shape index (κ3) is 3.33. The largest absolute Gasteiger partial charge is 0.493 e. The standard InChI is InChI=1S/C18H23N3O2/c1-22-16-7-6-13(10-17(16)23-2)15-11-14(12-18(19)20-15)21-8-4-3-5-9-21/h6-7,10-12H,3-5,8-9H2,1-2H3,(H2,19,20). The van der Waals surface area contributed by atoms with E-state index in [1.807, 2.05) is 24.3 Å². The number of anilines is 2. The van der Waals surface area contributed by atoms with Gasteiger partial charge >= 0.3 is 0 Å². The Balaban J connectivity index is 1.97. The van der Waals surface area contributed by atoms with Crippen LogP contribution in [-0.4, -0.2) is 32.3 Å². The molecule has 122 valence electrons. The van der Waals surface area contributed by atoms with E-state index in [1.54, 1.807) is 14.2 Å². The molecule has 0 unspecified atom stereocenters. The van der Waals surface area contributed by atoms with Crippen molar-refractivity contribution >= 4 is 11.5 Å². The van der Waals surface area contributed by atoms with E-state index < -0.39 is 0 Å². The molecule has 2 aromatic rings. The summed E-state index contributed by atoms with van der Waals surface area (Å²) < 4.78 is 10.7. The normalized spacial score (nSPS) is 14.6. The summed E-state index contributed by atoms with van der Waals surface area (Å²) in [6.45, 7) is 2.16. The minimum Gasteiger partial charge on any atom is -0.493 e. The molecule has 1 saturated heterocycles. The monoisotopic (exact) mass is 313 g/mol. The highest BCUT2D eigenvalue weighted by Crippen LogP contribution is 2.33. The highest BCUT2D eigenvalue weighted by Gasteiger charge is 2.14. The molecule has 2 heterocycles. The SMILES string of the molecule is COc1ccc(-c2cc(N3CCCCC3)cc(N)n2)cc1OC. The van der Waals surface area contributed by atoms with Crippen LogP contribution in [-0.2, 0) is 0 Å². The molecule has 0 amide bonds. The van der Waals surface area contributed by atoms with Crippen molar-refractivity contribution < 1.29 is 9.47 Å². The van der Waals surface area contributed by atoms with Crippen LogP contribution < -0.4 is 20.1 Å². The number of benzene rings is 1. The van der Waals surface area contributed by atoms with Gasteiger partial charge in [-0.15, -0.1) is 0 Å². The first kappa shape index (κ1) is 15.5. The Kier molecular flexibility index (Phi) is 4.55. The van der Waals surface area contributed by atoms with Crippen molar-refractivity contribution in [2.45, 2.75) is 19.3 Å². The lowest BCUT2D eigenvalue weighted by Crippen LogP contribution is -2.29. The van der Waals surface area contributed by atoms with Crippen LogP contribution in [0.15, 0.2) is 30.3 Å². The molecule has 1 fully saturated rings. The van der Waals surface area contributed by atoms with E-state index in [0.29, 0.717) is 17.3 Å². The fourth-order valence-electron chi connectivity index (χ4n) is 3.02. The molecule has 0 aliphatic carbocycles. The average Bonchev–Trinajstić information content (AvgIpc) is 2.61. The molecule has 23 heavy (non-hydrogen) atoms. The number of nitrogens with zero attached hydrogens (tertiary/aromatic N) is 2. The number of methoxy groups -OCH3 is 2. The number of hydrogen-bond donors (Lipinski definition) is 1. The van der Waals surface area contributed by atoms with Gasteiger partial charge < -0.3 is 20.1 Å². The predicted octanol–water partition coefficient (Wildman–Crippen LogP) is 3.34. The van der Waals surface area contributed by atoms with Crippen LogP contribution in [0.3, 0.4) is 0 Å². The summed E-state index contributed by atoms with van der Waals surface area (Å²) in [7, 11) is 3.26. The van der Waals surface area contributed by atoms with E-state index in [0.717, 1.165) is 30.0 Å². The second-order valence-electron chi connectivity index (χ2n) is 5.75. The van der Waals surface area contributed by atoms with E-state index in [-0.39, 0.29) is 0 Å². The number of nitrogen functional groups attached to an aromatic ring is 1. The molecule has 5 heteroatoms. The van der Waals surface area contributed by atoms with Gasteiger partial charge in [0.2, 0.25) is 0 Å². The molecule has 1 aromatic carbocycles. The third-order valence-corrected chi connectivity index (χ3v) is 4.23. The number of pyridine rings is 1. The second-order valence-corrected chi connectivity index (χ2v) is 5.75. The minimum atomic E-state index is 0.540. The summed E-state index contributed by atoms with van der Waals surface area (Å²) >= 11 is 0. The number of piperidine rings is 1. The molecule has 0 atom stereocenters. The van der Waals surface area contributed by atoms with Gasteiger partial charge in [0.1, 0.15) is 5.82 Å². The lowest BCUT2D eigenvalue weighted by molar-refractivity contribution is 0.355. The molecule has 2 N–H and O–H groups in total. The van der Waals surface area contributed by atoms with Crippen molar-refractivity contribution in [3.8, 4) is 22.8 Å². The van der Waals surface area contributed by atoms with Crippen molar-refractivity contribution in [3.05, 3.63) is 30.3 Å². The van der Waals surface area contributed by atoms with Gasteiger partial charge in [-0.1, -0.05) is 0 Å². The van der Waals surface area contributed by atoms with Gasteiger partial charge in [0.25, 0.3) is 0 Å². The number of aromatic nitrogens is 1. The summed E-state index contributed by atoms with van der Waals surface area (Å²) in [5.41, 5.74) is 9.00. The van der Waals surface area contributed by atoms with Crippen LogP contribution in [0.1, 0.15) is 19.3 Å². The van der Waals surface area contributed by atoms with E-state index in [4.69, 9.17) is 15.2 Å². The molecule has 1 aliphatic heterocycles. The van der Waals surface area contributed by atoms with E-state index >= 15 is 0 Å². The topological polar surface area (TPSA) is 60.6 Å². The van der Waals surface area contributed by atoms with Gasteiger partial charge in [-0.05, 0) is 43.5 Å². The van der Waals surface area contributed by atoms with Crippen LogP contribution >= 0.6 is 0 Å². The fourth-order valence-corrected chi connectivity index (χ4v) is 3.02. The number of ether oxygens (including phenoxy) is 2. The Morgan fingerprint density at radius 2 is 1.70 bits per heavy atom. The maximum absolute atomic E-state index is 6.04. The lowest BCUT2D eigenvalue weighted by atomic mass is 10.1. The van der Waals surface area contributed by atoms with Gasteiger partial charge in [0, 0.05) is 30.4 Å². The average molecular weight is 313 g/mol. The Labute approximate surface area is 137 Å². The van der Waals surface area contributed by atoms with Crippen molar-refractivity contribution in [2.24, 2.45) is 0 Å². The number of nitrogens with two attached hydrogens (primary N) is 1. The van der Waals surface area contributed by atoms with Gasteiger partial charge in [-0.25, -0.2) is 4.98 Å². The summed E-state index contributed by atoms with van der Waals surface area (Å²) in [5.74, 6) is 1.93. The van der Waals surface area contributed by atoms with Gasteiger partial charge in [0.05, 0.1) is 19.9 Å². The molecule has 0 bridgehead atoms. The van der Waals surface area contributed by atoms with Crippen molar-refractivity contribution in [3.63, 3.8) is 0 Å². The second kappa shape index (κ2) is 6.77. The maximum Gasteiger partial charge on any atom is 0.161 e. The molecule has 5 nitrogen and oxygen atoms in total. The minimum absolute atomic E-state index is 0.540. The first-order chi connectivity index (χ1) is 11.2. The zero-order chi connectivity index (χ0) is 16.2. The van der Waals surface area contributed by atoms with Crippen molar-refractivity contribution in [1.29, 1.82) is 0 Å². The number of hydrogen-bond acceptors (Lipinski definition) is 5. The smallest absolute Gasteiger partial charge is 0.161 e. The van der Waals surface area contributed by atoms with Crippen LogP contribution in [0.4, 0.5) is 11.5 Å². The Bertz CT molecular complexity index is 682. The third-order valence-electron chi connectivity index (χ3n) is 4.23. The molecular weight excluding hydrogens is 290 g/mol. The summed E-state index contributed by atoms with van der Waals surface area (Å²) in [6.07, 6.45) is 3.77. The van der Waals surface area contributed by atoms with Crippen molar-refractivity contribution in [1.82, 2.24) is 4.98 Å².